The molecule has 134 valence electrons. The summed E-state index contributed by atoms with van der Waals surface area (Å²) >= 11 is 0. The van der Waals surface area contributed by atoms with Gasteiger partial charge in [-0.15, -0.1) is 10.2 Å². The predicted molar refractivity (Wildman–Crippen MR) is 96.7 cm³/mol. The van der Waals surface area contributed by atoms with Crippen molar-refractivity contribution >= 4 is 0 Å². The molecule has 24 heavy (non-hydrogen) atoms. The maximum atomic E-state index is 4.46. The molecule has 0 aromatic carbocycles. The summed E-state index contributed by atoms with van der Waals surface area (Å²) in [4.78, 5) is 0. The lowest BCUT2D eigenvalue weighted by atomic mass is 9.72. The van der Waals surface area contributed by atoms with Crippen LogP contribution in [-0.4, -0.2) is 20.8 Å². The van der Waals surface area contributed by atoms with Gasteiger partial charge in [-0.3, -0.25) is 0 Å². The Balaban J connectivity index is 1.25. The number of rotatable bonds is 4. The minimum Gasteiger partial charge on any atom is -0.314 e. The van der Waals surface area contributed by atoms with Crippen LogP contribution in [-0.2, 0) is 19.5 Å². The van der Waals surface area contributed by atoms with Gasteiger partial charge in [-0.05, 0) is 50.4 Å². The zero-order valence-corrected chi connectivity index (χ0v) is 15.2. The lowest BCUT2D eigenvalue weighted by Gasteiger charge is -2.36. The van der Waals surface area contributed by atoms with Crippen LogP contribution < -0.4 is 5.32 Å². The van der Waals surface area contributed by atoms with Crippen molar-refractivity contribution in [2.75, 3.05) is 0 Å². The summed E-state index contributed by atoms with van der Waals surface area (Å²) in [7, 11) is 0. The lowest BCUT2D eigenvalue weighted by molar-refractivity contribution is 0.176. The summed E-state index contributed by atoms with van der Waals surface area (Å²) in [5.41, 5.74) is 0. The second-order valence-electron chi connectivity index (χ2n) is 8.39. The third-order valence-corrected chi connectivity index (χ3v) is 6.82. The van der Waals surface area contributed by atoms with Crippen molar-refractivity contribution in [2.24, 2.45) is 11.8 Å². The maximum absolute atomic E-state index is 4.46. The van der Waals surface area contributed by atoms with Crippen LogP contribution in [0.15, 0.2) is 0 Å². The van der Waals surface area contributed by atoms with Crippen LogP contribution in [0.5, 0.6) is 0 Å². The smallest absolute Gasteiger partial charge is 0.147 e. The first-order valence-corrected chi connectivity index (χ1v) is 10.5. The largest absolute Gasteiger partial charge is 0.314 e. The quantitative estimate of drug-likeness (QED) is 0.898. The fourth-order valence-corrected chi connectivity index (χ4v) is 5.31. The number of aryl methyl sites for hydroxylation is 1. The van der Waals surface area contributed by atoms with Gasteiger partial charge in [0.25, 0.3) is 0 Å². The van der Waals surface area contributed by atoms with E-state index in [1.807, 2.05) is 0 Å². The van der Waals surface area contributed by atoms with Crippen molar-refractivity contribution in [3.63, 3.8) is 0 Å². The Bertz CT molecular complexity index is 510. The van der Waals surface area contributed by atoms with Gasteiger partial charge in [-0.2, -0.15) is 0 Å². The Hall–Kier alpha value is -0.900. The first kappa shape index (κ1) is 16.6. The average molecular weight is 331 g/mol. The second-order valence-corrected chi connectivity index (χ2v) is 8.39. The van der Waals surface area contributed by atoms with Crippen molar-refractivity contribution in [1.82, 2.24) is 20.1 Å². The van der Waals surface area contributed by atoms with Crippen LogP contribution >= 0.6 is 0 Å². The number of nitrogens with zero attached hydrogens (tertiary/aromatic N) is 3. The summed E-state index contributed by atoms with van der Waals surface area (Å²) in [6, 6.07) is 0.698. The van der Waals surface area contributed by atoms with Crippen molar-refractivity contribution in [3.8, 4) is 0 Å². The topological polar surface area (TPSA) is 42.7 Å². The number of fused-ring (bicyclic) bond motifs is 1. The minimum atomic E-state index is 0.698. The molecule has 1 N–H and O–H groups in total. The summed E-state index contributed by atoms with van der Waals surface area (Å²) in [5.74, 6) is 4.45. The molecule has 0 atom stereocenters. The highest BCUT2D eigenvalue weighted by Gasteiger charge is 2.28. The third-order valence-electron chi connectivity index (χ3n) is 6.82. The molecule has 0 saturated heterocycles. The van der Waals surface area contributed by atoms with Crippen molar-refractivity contribution in [2.45, 2.75) is 103 Å². The van der Waals surface area contributed by atoms with Crippen LogP contribution in [0.25, 0.3) is 0 Å². The van der Waals surface area contributed by atoms with E-state index in [1.54, 1.807) is 0 Å². The molecule has 0 unspecified atom stereocenters. The summed E-state index contributed by atoms with van der Waals surface area (Å²) < 4.78 is 2.38. The molecule has 0 bridgehead atoms. The Morgan fingerprint density at radius 3 is 2.38 bits per heavy atom. The van der Waals surface area contributed by atoms with Crippen molar-refractivity contribution < 1.29 is 0 Å². The molecule has 4 nitrogen and oxygen atoms in total. The number of nitrogens with one attached hydrogen (secondary N) is 1. The van der Waals surface area contributed by atoms with E-state index >= 15 is 0 Å². The Morgan fingerprint density at radius 1 is 0.792 bits per heavy atom. The predicted octanol–water partition coefficient (Wildman–Crippen LogP) is 4.23. The van der Waals surface area contributed by atoms with Gasteiger partial charge in [0.05, 0.1) is 6.54 Å². The molecule has 4 rings (SSSR count). The Labute approximate surface area is 146 Å². The molecule has 0 radical (unpaired) electrons. The number of hydrogen-bond donors (Lipinski definition) is 1. The van der Waals surface area contributed by atoms with Gasteiger partial charge < -0.3 is 9.88 Å². The molecular formula is C20H34N4. The SMILES string of the molecule is C1CCC(C2CCC(NCc3nnc4n3CCCCC4)CC2)CC1. The van der Waals surface area contributed by atoms with Gasteiger partial charge in [-0.25, -0.2) is 0 Å². The summed E-state index contributed by atoms with van der Waals surface area (Å²) in [6.45, 7) is 2.03. The monoisotopic (exact) mass is 330 g/mol. The van der Waals surface area contributed by atoms with Crippen LogP contribution in [0, 0.1) is 11.8 Å². The van der Waals surface area contributed by atoms with Gasteiger partial charge in [0, 0.05) is 19.0 Å². The standard InChI is InChI=1S/C20H34N4/c1-3-7-16(8-4-1)17-10-12-18(13-11-17)21-15-20-23-22-19-9-5-2-6-14-24(19)20/h16-18,21H,1-15H2. The van der Waals surface area contributed by atoms with Crippen molar-refractivity contribution in [1.29, 1.82) is 0 Å². The summed E-state index contributed by atoms with van der Waals surface area (Å²) in [6.07, 6.45) is 18.1. The third kappa shape index (κ3) is 3.84. The zero-order chi connectivity index (χ0) is 16.2. The van der Waals surface area contributed by atoms with E-state index < -0.39 is 0 Å². The molecule has 1 aliphatic heterocycles. The van der Waals surface area contributed by atoms with E-state index in [9.17, 15) is 0 Å². The summed E-state index contributed by atoms with van der Waals surface area (Å²) in [5, 5.41) is 12.7. The highest BCUT2D eigenvalue weighted by molar-refractivity contribution is 4.98. The molecule has 1 aromatic heterocycles. The molecule has 2 heterocycles. The van der Waals surface area contributed by atoms with Gasteiger partial charge in [0.1, 0.15) is 11.6 Å². The van der Waals surface area contributed by atoms with E-state index in [0.29, 0.717) is 6.04 Å². The van der Waals surface area contributed by atoms with Gasteiger partial charge in [-0.1, -0.05) is 38.5 Å². The van der Waals surface area contributed by atoms with Gasteiger partial charge >= 0.3 is 0 Å². The minimum absolute atomic E-state index is 0.698. The number of aromatic nitrogens is 3. The lowest BCUT2D eigenvalue weighted by Crippen LogP contribution is -2.35. The van der Waals surface area contributed by atoms with Gasteiger partial charge in [0.2, 0.25) is 0 Å². The Morgan fingerprint density at radius 2 is 1.54 bits per heavy atom. The second kappa shape index (κ2) is 7.99. The highest BCUT2D eigenvalue weighted by atomic mass is 15.3. The first-order valence-electron chi connectivity index (χ1n) is 10.5. The van der Waals surface area contributed by atoms with E-state index in [2.05, 4.69) is 20.1 Å². The Kier molecular flexibility index (Phi) is 5.51. The number of hydrogen-bond acceptors (Lipinski definition) is 3. The van der Waals surface area contributed by atoms with Crippen molar-refractivity contribution in [3.05, 3.63) is 11.6 Å². The molecule has 2 aliphatic carbocycles. The molecular weight excluding hydrogens is 296 g/mol. The first-order chi connectivity index (χ1) is 11.9. The fraction of sp³-hybridized carbons (Fsp3) is 0.900. The molecule has 2 fully saturated rings. The van der Waals surface area contributed by atoms with Crippen LogP contribution in [0.3, 0.4) is 0 Å². The van der Waals surface area contributed by atoms with Gasteiger partial charge in [0.15, 0.2) is 0 Å². The van der Waals surface area contributed by atoms with E-state index in [-0.39, 0.29) is 0 Å². The van der Waals surface area contributed by atoms with E-state index in [4.69, 9.17) is 0 Å². The molecule has 0 spiro atoms. The molecule has 3 aliphatic rings. The normalized spacial score (nSPS) is 29.2. The zero-order valence-electron chi connectivity index (χ0n) is 15.2. The highest BCUT2D eigenvalue weighted by Crippen LogP contribution is 2.38. The van der Waals surface area contributed by atoms with E-state index in [0.717, 1.165) is 31.3 Å². The molecule has 1 aromatic rings. The molecule has 2 saturated carbocycles. The van der Waals surface area contributed by atoms with Crippen LogP contribution in [0.4, 0.5) is 0 Å². The molecule has 0 amide bonds. The van der Waals surface area contributed by atoms with Crippen LogP contribution in [0.2, 0.25) is 0 Å². The fourth-order valence-electron chi connectivity index (χ4n) is 5.31. The maximum Gasteiger partial charge on any atom is 0.147 e. The van der Waals surface area contributed by atoms with E-state index in [1.165, 1.54) is 88.7 Å². The average Bonchev–Trinajstić information content (AvgIpc) is 2.87. The molecule has 4 heteroatoms. The van der Waals surface area contributed by atoms with Crippen LogP contribution in [0.1, 0.15) is 88.7 Å².